The van der Waals surface area contributed by atoms with Crippen molar-refractivity contribution in [3.63, 3.8) is 0 Å². The smallest absolute Gasteiger partial charge is 0.0459 e. The van der Waals surface area contributed by atoms with Crippen molar-refractivity contribution in [3.8, 4) is 0 Å². The predicted molar refractivity (Wildman–Crippen MR) is 78.6 cm³/mol. The molecule has 2 rings (SSSR count). The molecule has 3 heteroatoms. The maximum absolute atomic E-state index is 5.77. The second-order valence-electron chi connectivity index (χ2n) is 4.03. The third-order valence-corrected chi connectivity index (χ3v) is 4.35. The zero-order valence-corrected chi connectivity index (χ0v) is 12.2. The molecule has 0 amide bonds. The average molecular weight is 308 g/mol. The number of benzene rings is 2. The highest BCUT2D eigenvalue weighted by molar-refractivity contribution is 9.10. The molecule has 17 heavy (non-hydrogen) atoms. The molecule has 2 N–H and O–H groups in total. The van der Waals surface area contributed by atoms with Crippen LogP contribution >= 0.6 is 27.7 Å². The topological polar surface area (TPSA) is 26.0 Å². The first kappa shape index (κ1) is 12.5. The fourth-order valence-corrected chi connectivity index (χ4v) is 2.97. The summed E-state index contributed by atoms with van der Waals surface area (Å²) in [6.07, 6.45) is 0. The standard InChI is InChI=1S/C14H14BrNS/c1-9-3-4-11(7-10(9)2)17-12-5-6-14(16)13(15)8-12/h3-8H,16H2,1-2H3. The fourth-order valence-electron chi connectivity index (χ4n) is 1.48. The van der Waals surface area contributed by atoms with Crippen molar-refractivity contribution < 1.29 is 0 Å². The Morgan fingerprint density at radius 3 is 2.24 bits per heavy atom. The number of aryl methyl sites for hydroxylation is 2. The molecular formula is C14H14BrNS. The summed E-state index contributed by atoms with van der Waals surface area (Å²) in [5.74, 6) is 0. The molecular weight excluding hydrogens is 294 g/mol. The number of halogens is 1. The molecule has 0 unspecified atom stereocenters. The molecule has 0 atom stereocenters. The van der Waals surface area contributed by atoms with Gasteiger partial charge >= 0.3 is 0 Å². The third kappa shape index (κ3) is 3.05. The second kappa shape index (κ2) is 5.15. The first-order valence-corrected chi connectivity index (χ1v) is 6.97. The Labute approximate surface area is 115 Å². The molecule has 0 radical (unpaired) electrons. The van der Waals surface area contributed by atoms with Crippen LogP contribution in [0.25, 0.3) is 0 Å². The minimum Gasteiger partial charge on any atom is -0.398 e. The third-order valence-electron chi connectivity index (χ3n) is 2.69. The number of anilines is 1. The molecule has 0 aliphatic carbocycles. The summed E-state index contributed by atoms with van der Waals surface area (Å²) in [6, 6.07) is 12.5. The van der Waals surface area contributed by atoms with Crippen molar-refractivity contribution in [1.29, 1.82) is 0 Å². The molecule has 1 nitrogen and oxygen atoms in total. The molecule has 0 spiro atoms. The number of hydrogen-bond donors (Lipinski definition) is 1. The van der Waals surface area contributed by atoms with Crippen molar-refractivity contribution in [3.05, 3.63) is 52.0 Å². The van der Waals surface area contributed by atoms with Gasteiger partial charge in [-0.2, -0.15) is 0 Å². The van der Waals surface area contributed by atoms with Gasteiger partial charge in [0.1, 0.15) is 0 Å². The second-order valence-corrected chi connectivity index (χ2v) is 6.03. The number of rotatable bonds is 2. The van der Waals surface area contributed by atoms with Gasteiger partial charge in [0.2, 0.25) is 0 Å². The van der Waals surface area contributed by atoms with E-state index in [0.717, 1.165) is 10.2 Å². The zero-order valence-electron chi connectivity index (χ0n) is 9.83. The van der Waals surface area contributed by atoms with Crippen LogP contribution in [0.5, 0.6) is 0 Å². The van der Waals surface area contributed by atoms with E-state index in [2.05, 4.69) is 54.0 Å². The average Bonchev–Trinajstić information content (AvgIpc) is 2.29. The van der Waals surface area contributed by atoms with E-state index >= 15 is 0 Å². The lowest BCUT2D eigenvalue weighted by Gasteiger charge is -2.06. The van der Waals surface area contributed by atoms with E-state index in [1.807, 2.05) is 12.1 Å². The number of nitrogen functional groups attached to an aromatic ring is 1. The normalized spacial score (nSPS) is 10.5. The van der Waals surface area contributed by atoms with E-state index in [1.165, 1.54) is 20.9 Å². The molecule has 0 fully saturated rings. The lowest BCUT2D eigenvalue weighted by atomic mass is 10.1. The molecule has 0 bridgehead atoms. The minimum absolute atomic E-state index is 0.773. The molecule has 0 aliphatic heterocycles. The zero-order chi connectivity index (χ0) is 12.4. The SMILES string of the molecule is Cc1ccc(Sc2ccc(N)c(Br)c2)cc1C. The van der Waals surface area contributed by atoms with Gasteiger partial charge in [0.25, 0.3) is 0 Å². The van der Waals surface area contributed by atoms with Crippen LogP contribution in [0, 0.1) is 13.8 Å². The van der Waals surface area contributed by atoms with E-state index < -0.39 is 0 Å². The molecule has 0 heterocycles. The van der Waals surface area contributed by atoms with E-state index in [9.17, 15) is 0 Å². The summed E-state index contributed by atoms with van der Waals surface area (Å²) in [5.41, 5.74) is 9.19. The van der Waals surface area contributed by atoms with E-state index in [0.29, 0.717) is 0 Å². The van der Waals surface area contributed by atoms with Crippen LogP contribution in [0.2, 0.25) is 0 Å². The van der Waals surface area contributed by atoms with Crippen molar-refractivity contribution in [1.82, 2.24) is 0 Å². The number of hydrogen-bond acceptors (Lipinski definition) is 2. The van der Waals surface area contributed by atoms with Gasteiger partial charge in [0, 0.05) is 20.0 Å². The molecule has 0 saturated carbocycles. The van der Waals surface area contributed by atoms with Crippen LogP contribution < -0.4 is 5.73 Å². The number of nitrogens with two attached hydrogens (primary N) is 1. The summed E-state index contributed by atoms with van der Waals surface area (Å²) in [4.78, 5) is 2.44. The highest BCUT2D eigenvalue weighted by atomic mass is 79.9. The Bertz CT molecular complexity index is 502. The van der Waals surface area contributed by atoms with Crippen molar-refractivity contribution in [2.75, 3.05) is 5.73 Å². The lowest BCUT2D eigenvalue weighted by molar-refractivity contribution is 1.27. The first-order chi connectivity index (χ1) is 8.06. The van der Waals surface area contributed by atoms with Gasteiger partial charge in [-0.3, -0.25) is 0 Å². The van der Waals surface area contributed by atoms with Crippen LogP contribution in [0.1, 0.15) is 11.1 Å². The van der Waals surface area contributed by atoms with Crippen LogP contribution in [-0.4, -0.2) is 0 Å². The Hall–Kier alpha value is -0.930. The monoisotopic (exact) mass is 307 g/mol. The van der Waals surface area contributed by atoms with Gasteiger partial charge in [-0.05, 0) is 71.2 Å². The van der Waals surface area contributed by atoms with Gasteiger partial charge in [-0.1, -0.05) is 17.8 Å². The fraction of sp³-hybridized carbons (Fsp3) is 0.143. The van der Waals surface area contributed by atoms with Crippen molar-refractivity contribution in [2.24, 2.45) is 0 Å². The van der Waals surface area contributed by atoms with Gasteiger partial charge in [-0.25, -0.2) is 0 Å². The first-order valence-electron chi connectivity index (χ1n) is 5.36. The summed E-state index contributed by atoms with van der Waals surface area (Å²) < 4.78 is 0.950. The molecule has 0 saturated heterocycles. The Morgan fingerprint density at radius 2 is 1.59 bits per heavy atom. The minimum atomic E-state index is 0.773. The van der Waals surface area contributed by atoms with Crippen LogP contribution in [0.15, 0.2) is 50.7 Å². The lowest BCUT2D eigenvalue weighted by Crippen LogP contribution is -1.86. The van der Waals surface area contributed by atoms with Crippen molar-refractivity contribution >= 4 is 33.4 Å². The predicted octanol–water partition coefficient (Wildman–Crippen LogP) is 4.80. The van der Waals surface area contributed by atoms with Crippen molar-refractivity contribution in [2.45, 2.75) is 23.6 Å². The highest BCUT2D eigenvalue weighted by Gasteiger charge is 2.02. The largest absolute Gasteiger partial charge is 0.398 e. The molecule has 0 aliphatic rings. The highest BCUT2D eigenvalue weighted by Crippen LogP contribution is 2.32. The summed E-state index contributed by atoms with van der Waals surface area (Å²) in [7, 11) is 0. The Kier molecular flexibility index (Phi) is 3.79. The Morgan fingerprint density at radius 1 is 0.941 bits per heavy atom. The summed E-state index contributed by atoms with van der Waals surface area (Å²) in [6.45, 7) is 4.27. The summed E-state index contributed by atoms with van der Waals surface area (Å²) in [5, 5.41) is 0. The van der Waals surface area contributed by atoms with E-state index in [-0.39, 0.29) is 0 Å². The molecule has 88 valence electrons. The molecule has 2 aromatic rings. The van der Waals surface area contributed by atoms with Gasteiger partial charge in [0.15, 0.2) is 0 Å². The van der Waals surface area contributed by atoms with Crippen LogP contribution in [0.4, 0.5) is 5.69 Å². The van der Waals surface area contributed by atoms with Crippen LogP contribution in [-0.2, 0) is 0 Å². The quantitative estimate of drug-likeness (QED) is 0.807. The van der Waals surface area contributed by atoms with Gasteiger partial charge in [0.05, 0.1) is 0 Å². The maximum Gasteiger partial charge on any atom is 0.0459 e. The van der Waals surface area contributed by atoms with Crippen LogP contribution in [0.3, 0.4) is 0 Å². The summed E-state index contributed by atoms with van der Waals surface area (Å²) >= 11 is 5.19. The Balaban J connectivity index is 2.25. The van der Waals surface area contributed by atoms with Gasteiger partial charge < -0.3 is 5.73 Å². The van der Waals surface area contributed by atoms with E-state index in [4.69, 9.17) is 5.73 Å². The van der Waals surface area contributed by atoms with E-state index in [1.54, 1.807) is 11.8 Å². The van der Waals surface area contributed by atoms with Gasteiger partial charge in [-0.15, -0.1) is 0 Å². The molecule has 0 aromatic heterocycles. The maximum atomic E-state index is 5.77. The molecule has 2 aromatic carbocycles.